The second-order valence-corrected chi connectivity index (χ2v) is 6.45. The van der Waals surface area contributed by atoms with Crippen molar-refractivity contribution in [3.05, 3.63) is 103 Å². The minimum atomic E-state index is -0.0717. The van der Waals surface area contributed by atoms with Crippen LogP contribution in [-0.4, -0.2) is 15.9 Å². The number of carbonyl (C=O) groups is 1. The van der Waals surface area contributed by atoms with Crippen molar-refractivity contribution in [1.29, 1.82) is 0 Å². The van der Waals surface area contributed by atoms with Gasteiger partial charge in [0.05, 0.1) is 6.42 Å². The molecular formula is C24H19N3O2. The number of benzene rings is 3. The quantitative estimate of drug-likeness (QED) is 0.504. The van der Waals surface area contributed by atoms with Gasteiger partial charge in [-0.3, -0.25) is 4.79 Å². The third-order valence-corrected chi connectivity index (χ3v) is 4.32. The van der Waals surface area contributed by atoms with Crippen LogP contribution in [0.25, 0.3) is 11.1 Å². The topological polar surface area (TPSA) is 64.1 Å². The van der Waals surface area contributed by atoms with Gasteiger partial charge in [-0.25, -0.2) is 9.97 Å². The summed E-state index contributed by atoms with van der Waals surface area (Å²) in [4.78, 5) is 20.4. The van der Waals surface area contributed by atoms with E-state index < -0.39 is 0 Å². The van der Waals surface area contributed by atoms with Gasteiger partial charge in [0.25, 0.3) is 0 Å². The molecule has 0 atom stereocenters. The zero-order valence-electron chi connectivity index (χ0n) is 15.7. The first-order valence-corrected chi connectivity index (χ1v) is 9.25. The number of aromatic nitrogens is 2. The normalized spacial score (nSPS) is 10.3. The fourth-order valence-electron chi connectivity index (χ4n) is 2.89. The van der Waals surface area contributed by atoms with Crippen LogP contribution in [0.15, 0.2) is 97.3 Å². The first-order chi connectivity index (χ1) is 14.3. The Kier molecular flexibility index (Phi) is 5.58. The molecule has 142 valence electrons. The number of ether oxygens (including phenoxy) is 1. The fourth-order valence-corrected chi connectivity index (χ4v) is 2.89. The van der Waals surface area contributed by atoms with Crippen molar-refractivity contribution < 1.29 is 9.53 Å². The number of rotatable bonds is 6. The molecule has 29 heavy (non-hydrogen) atoms. The van der Waals surface area contributed by atoms with Crippen molar-refractivity contribution in [1.82, 2.24) is 9.97 Å². The van der Waals surface area contributed by atoms with Crippen LogP contribution in [-0.2, 0) is 11.2 Å². The predicted octanol–water partition coefficient (Wildman–Crippen LogP) is 5.12. The smallest absolute Gasteiger partial charge is 0.321 e. The Balaban J connectivity index is 1.33. The molecule has 0 fully saturated rings. The largest absolute Gasteiger partial charge is 0.424 e. The second kappa shape index (κ2) is 8.80. The van der Waals surface area contributed by atoms with E-state index in [1.54, 1.807) is 42.7 Å². The minimum absolute atomic E-state index is 0.0717. The van der Waals surface area contributed by atoms with Crippen molar-refractivity contribution in [3.63, 3.8) is 0 Å². The molecule has 0 saturated heterocycles. The highest BCUT2D eigenvalue weighted by Crippen LogP contribution is 2.21. The van der Waals surface area contributed by atoms with Crippen LogP contribution in [0.3, 0.4) is 0 Å². The molecule has 5 nitrogen and oxygen atoms in total. The third kappa shape index (κ3) is 5.05. The third-order valence-electron chi connectivity index (χ3n) is 4.32. The fraction of sp³-hybridized carbons (Fsp3) is 0.0417. The van der Waals surface area contributed by atoms with Crippen molar-refractivity contribution in [2.24, 2.45) is 0 Å². The Hall–Kier alpha value is -3.99. The van der Waals surface area contributed by atoms with Gasteiger partial charge >= 0.3 is 6.01 Å². The zero-order chi connectivity index (χ0) is 19.9. The van der Waals surface area contributed by atoms with Crippen LogP contribution >= 0.6 is 0 Å². The zero-order valence-corrected chi connectivity index (χ0v) is 15.7. The van der Waals surface area contributed by atoms with Gasteiger partial charge < -0.3 is 10.1 Å². The molecular weight excluding hydrogens is 362 g/mol. The van der Waals surface area contributed by atoms with E-state index in [1.165, 1.54) is 0 Å². The van der Waals surface area contributed by atoms with Gasteiger partial charge in [0.1, 0.15) is 5.75 Å². The maximum Gasteiger partial charge on any atom is 0.321 e. The summed E-state index contributed by atoms with van der Waals surface area (Å²) in [5.74, 6) is 0.531. The summed E-state index contributed by atoms with van der Waals surface area (Å²) in [5.41, 5.74) is 3.96. The van der Waals surface area contributed by atoms with Gasteiger partial charge in [-0.2, -0.15) is 0 Å². The summed E-state index contributed by atoms with van der Waals surface area (Å²) in [6, 6.07) is 27.3. The Morgan fingerprint density at radius 2 is 1.41 bits per heavy atom. The molecule has 5 heteroatoms. The lowest BCUT2D eigenvalue weighted by atomic mass is 10.0. The molecule has 1 N–H and O–H groups in total. The lowest BCUT2D eigenvalue weighted by Crippen LogP contribution is -2.14. The molecule has 0 bridgehead atoms. The van der Waals surface area contributed by atoms with Gasteiger partial charge in [-0.05, 0) is 47.0 Å². The molecule has 3 aromatic carbocycles. The average molecular weight is 381 g/mol. The minimum Gasteiger partial charge on any atom is -0.424 e. The number of nitrogens with one attached hydrogen (secondary N) is 1. The molecule has 4 aromatic rings. The lowest BCUT2D eigenvalue weighted by Gasteiger charge is -2.08. The maximum atomic E-state index is 12.4. The van der Waals surface area contributed by atoms with Crippen molar-refractivity contribution in [3.8, 4) is 22.9 Å². The van der Waals surface area contributed by atoms with Gasteiger partial charge in [-0.15, -0.1) is 0 Å². The summed E-state index contributed by atoms with van der Waals surface area (Å²) in [7, 11) is 0. The van der Waals surface area contributed by atoms with Gasteiger partial charge in [0, 0.05) is 18.1 Å². The summed E-state index contributed by atoms with van der Waals surface area (Å²) in [5, 5.41) is 2.90. The van der Waals surface area contributed by atoms with Crippen molar-refractivity contribution >= 4 is 11.6 Å². The number of carbonyl (C=O) groups excluding carboxylic acids is 1. The van der Waals surface area contributed by atoms with Crippen molar-refractivity contribution in [2.75, 3.05) is 5.32 Å². The highest BCUT2D eigenvalue weighted by atomic mass is 16.5. The number of hydrogen-bond acceptors (Lipinski definition) is 4. The second-order valence-electron chi connectivity index (χ2n) is 6.45. The van der Waals surface area contributed by atoms with Gasteiger partial charge in [0.15, 0.2) is 0 Å². The Labute approximate surface area is 169 Å². The molecule has 0 aliphatic heterocycles. The molecule has 1 amide bonds. The molecule has 1 heterocycles. The van der Waals surface area contributed by atoms with Crippen molar-refractivity contribution in [2.45, 2.75) is 6.42 Å². The molecule has 1 aromatic heterocycles. The molecule has 4 rings (SSSR count). The van der Waals surface area contributed by atoms with Crippen LogP contribution < -0.4 is 10.1 Å². The first-order valence-electron chi connectivity index (χ1n) is 9.25. The summed E-state index contributed by atoms with van der Waals surface area (Å²) in [6.07, 6.45) is 3.54. The van der Waals surface area contributed by atoms with Crippen LogP contribution in [0.4, 0.5) is 5.69 Å². The molecule has 0 aliphatic rings. The highest BCUT2D eigenvalue weighted by molar-refractivity contribution is 5.92. The van der Waals surface area contributed by atoms with E-state index in [4.69, 9.17) is 4.74 Å². The summed E-state index contributed by atoms with van der Waals surface area (Å²) < 4.78 is 5.55. The number of amides is 1. The maximum absolute atomic E-state index is 12.4. The number of anilines is 1. The lowest BCUT2D eigenvalue weighted by molar-refractivity contribution is -0.115. The Morgan fingerprint density at radius 3 is 2.10 bits per heavy atom. The van der Waals surface area contributed by atoms with Crippen LogP contribution in [0.1, 0.15) is 5.56 Å². The van der Waals surface area contributed by atoms with Crippen LogP contribution in [0.5, 0.6) is 11.8 Å². The first kappa shape index (κ1) is 18.4. The van der Waals surface area contributed by atoms with Crippen LogP contribution in [0, 0.1) is 0 Å². The Morgan fingerprint density at radius 1 is 0.759 bits per heavy atom. The highest BCUT2D eigenvalue weighted by Gasteiger charge is 2.06. The number of nitrogens with zero attached hydrogens (tertiary/aromatic N) is 2. The predicted molar refractivity (Wildman–Crippen MR) is 113 cm³/mol. The standard InChI is InChI=1S/C24H19N3O2/c28-23(17-18-7-9-20(10-8-18)19-5-2-1-3-6-19)27-21-11-13-22(14-12-21)29-24-25-15-4-16-26-24/h1-16H,17H2,(H,27,28). The van der Waals surface area contributed by atoms with E-state index in [1.807, 2.05) is 42.5 Å². The molecule has 0 aliphatic carbocycles. The summed E-state index contributed by atoms with van der Waals surface area (Å²) >= 11 is 0. The molecule has 0 spiro atoms. The van der Waals surface area contributed by atoms with Gasteiger partial charge in [0.2, 0.25) is 5.91 Å². The average Bonchev–Trinajstić information content (AvgIpc) is 2.77. The van der Waals surface area contributed by atoms with E-state index in [0.717, 1.165) is 16.7 Å². The monoisotopic (exact) mass is 381 g/mol. The van der Waals surface area contributed by atoms with Gasteiger partial charge in [-0.1, -0.05) is 54.6 Å². The number of hydrogen-bond donors (Lipinski definition) is 1. The van der Waals surface area contributed by atoms with E-state index in [2.05, 4.69) is 27.4 Å². The van der Waals surface area contributed by atoms with E-state index >= 15 is 0 Å². The molecule has 0 radical (unpaired) electrons. The Bertz CT molecular complexity index is 1060. The van der Waals surface area contributed by atoms with E-state index in [9.17, 15) is 4.79 Å². The SMILES string of the molecule is O=C(Cc1ccc(-c2ccccc2)cc1)Nc1ccc(Oc2ncccn2)cc1. The summed E-state index contributed by atoms with van der Waals surface area (Å²) in [6.45, 7) is 0. The molecule has 0 saturated carbocycles. The van der Waals surface area contributed by atoms with Crippen LogP contribution in [0.2, 0.25) is 0 Å². The van der Waals surface area contributed by atoms with E-state index in [0.29, 0.717) is 17.9 Å². The van der Waals surface area contributed by atoms with E-state index in [-0.39, 0.29) is 11.9 Å². The molecule has 0 unspecified atom stereocenters.